The van der Waals surface area contributed by atoms with Gasteiger partial charge in [-0.05, 0) is 54.7 Å². The average molecular weight is 339 g/mol. The van der Waals surface area contributed by atoms with Crippen LogP contribution in [0.25, 0.3) is 0 Å². The monoisotopic (exact) mass is 339 g/mol. The van der Waals surface area contributed by atoms with Crippen LogP contribution in [0.5, 0.6) is 5.75 Å². The number of carbonyl (C=O) groups is 1. The van der Waals surface area contributed by atoms with Crippen molar-refractivity contribution in [3.05, 3.63) is 53.5 Å². The molecule has 0 bridgehead atoms. The van der Waals surface area contributed by atoms with Crippen LogP contribution in [0, 0.1) is 5.92 Å². The van der Waals surface area contributed by atoms with E-state index in [-0.39, 0.29) is 5.91 Å². The van der Waals surface area contributed by atoms with Crippen LogP contribution in [-0.4, -0.2) is 24.0 Å². The molecule has 0 unspecified atom stereocenters. The Hall–Kier alpha value is -2.23. The first kappa shape index (κ1) is 16.2. The minimum absolute atomic E-state index is 0.0941. The summed E-state index contributed by atoms with van der Waals surface area (Å²) in [6.07, 6.45) is 8.89. The highest BCUT2D eigenvalue weighted by molar-refractivity contribution is 5.94. The fourth-order valence-corrected chi connectivity index (χ4v) is 3.99. The van der Waals surface area contributed by atoms with Crippen LogP contribution in [0.1, 0.15) is 53.8 Å². The Kier molecular flexibility index (Phi) is 4.77. The predicted molar refractivity (Wildman–Crippen MR) is 95.7 cm³/mol. The Morgan fingerprint density at radius 3 is 2.84 bits per heavy atom. The summed E-state index contributed by atoms with van der Waals surface area (Å²) >= 11 is 0. The molecule has 2 aliphatic rings. The Balaban J connectivity index is 1.54. The van der Waals surface area contributed by atoms with Crippen LogP contribution in [-0.2, 0) is 13.0 Å². The van der Waals surface area contributed by atoms with Gasteiger partial charge >= 0.3 is 0 Å². The first-order chi connectivity index (χ1) is 12.3. The van der Waals surface area contributed by atoms with Gasteiger partial charge in [0.05, 0.1) is 19.4 Å². The average Bonchev–Trinajstić information content (AvgIpc) is 3.32. The van der Waals surface area contributed by atoms with Gasteiger partial charge in [-0.15, -0.1) is 0 Å². The lowest BCUT2D eigenvalue weighted by Crippen LogP contribution is -2.35. The number of benzene rings is 1. The largest absolute Gasteiger partial charge is 0.493 e. The standard InChI is InChI=1S/C21H25NO3/c23-21(18-8-9-20-17(13-18)10-12-25-20)22(15-19-7-4-11-24-19)14-16-5-2-1-3-6-16/h4,7-9,11,13,16H,1-3,5-6,10,12,14-15H2. The maximum atomic E-state index is 13.2. The van der Waals surface area contributed by atoms with E-state index in [4.69, 9.17) is 9.15 Å². The molecule has 1 aromatic heterocycles. The summed E-state index contributed by atoms with van der Waals surface area (Å²) in [5.41, 5.74) is 1.90. The summed E-state index contributed by atoms with van der Waals surface area (Å²) in [7, 11) is 0. The molecule has 132 valence electrons. The highest BCUT2D eigenvalue weighted by Crippen LogP contribution is 2.28. The minimum atomic E-state index is 0.0941. The molecule has 4 rings (SSSR count). The van der Waals surface area contributed by atoms with Crippen molar-refractivity contribution < 1.29 is 13.9 Å². The van der Waals surface area contributed by atoms with Gasteiger partial charge in [-0.25, -0.2) is 0 Å². The van der Waals surface area contributed by atoms with Gasteiger partial charge < -0.3 is 14.1 Å². The zero-order valence-electron chi connectivity index (χ0n) is 14.6. The number of nitrogens with zero attached hydrogens (tertiary/aromatic N) is 1. The van der Waals surface area contributed by atoms with Crippen molar-refractivity contribution in [3.8, 4) is 5.75 Å². The summed E-state index contributed by atoms with van der Waals surface area (Å²) in [5.74, 6) is 2.46. The number of ether oxygens (including phenoxy) is 1. The van der Waals surface area contributed by atoms with Gasteiger partial charge in [0.1, 0.15) is 11.5 Å². The van der Waals surface area contributed by atoms with Gasteiger partial charge in [0, 0.05) is 18.5 Å². The molecule has 0 atom stereocenters. The van der Waals surface area contributed by atoms with E-state index < -0.39 is 0 Å². The zero-order chi connectivity index (χ0) is 17.1. The van der Waals surface area contributed by atoms with E-state index in [9.17, 15) is 4.79 Å². The van der Waals surface area contributed by atoms with Crippen molar-refractivity contribution >= 4 is 5.91 Å². The molecular weight excluding hydrogens is 314 g/mol. The molecule has 2 heterocycles. The molecule has 1 aliphatic heterocycles. The first-order valence-electron chi connectivity index (χ1n) is 9.37. The Bertz CT molecular complexity index is 717. The van der Waals surface area contributed by atoms with Crippen LogP contribution in [0.15, 0.2) is 41.0 Å². The molecule has 0 radical (unpaired) electrons. The fourth-order valence-electron chi connectivity index (χ4n) is 3.99. The lowest BCUT2D eigenvalue weighted by Gasteiger charge is -2.29. The van der Waals surface area contributed by atoms with E-state index in [2.05, 4.69) is 0 Å². The van der Waals surface area contributed by atoms with Crippen molar-refractivity contribution in [1.29, 1.82) is 0 Å². The molecule has 4 nitrogen and oxygen atoms in total. The minimum Gasteiger partial charge on any atom is -0.493 e. The molecule has 1 aliphatic carbocycles. The van der Waals surface area contributed by atoms with Crippen LogP contribution in [0.4, 0.5) is 0 Å². The number of furan rings is 1. The number of fused-ring (bicyclic) bond motifs is 1. The van der Waals surface area contributed by atoms with E-state index in [0.717, 1.165) is 35.6 Å². The van der Waals surface area contributed by atoms with Gasteiger partial charge in [-0.1, -0.05) is 19.3 Å². The number of amides is 1. The smallest absolute Gasteiger partial charge is 0.254 e. The van der Waals surface area contributed by atoms with E-state index in [1.54, 1.807) is 6.26 Å². The van der Waals surface area contributed by atoms with Crippen molar-refractivity contribution in [2.75, 3.05) is 13.2 Å². The predicted octanol–water partition coefficient (Wildman–Crippen LogP) is 4.44. The number of carbonyl (C=O) groups excluding carboxylic acids is 1. The number of hydrogen-bond acceptors (Lipinski definition) is 3. The van der Waals surface area contributed by atoms with E-state index in [1.165, 1.54) is 32.1 Å². The SMILES string of the molecule is O=C(c1ccc2c(c1)CCO2)N(Cc1ccco1)CC1CCCCC1. The van der Waals surface area contributed by atoms with Crippen LogP contribution in [0.3, 0.4) is 0 Å². The third kappa shape index (κ3) is 3.73. The molecular formula is C21H25NO3. The van der Waals surface area contributed by atoms with E-state index in [0.29, 0.717) is 19.1 Å². The van der Waals surface area contributed by atoms with Crippen LogP contribution in [0.2, 0.25) is 0 Å². The quantitative estimate of drug-likeness (QED) is 0.809. The summed E-state index contributed by atoms with van der Waals surface area (Å²) in [4.78, 5) is 15.2. The summed E-state index contributed by atoms with van der Waals surface area (Å²) in [6.45, 7) is 2.06. The van der Waals surface area contributed by atoms with Crippen molar-refractivity contribution in [3.63, 3.8) is 0 Å². The van der Waals surface area contributed by atoms with Crippen LogP contribution >= 0.6 is 0 Å². The molecule has 1 aromatic carbocycles. The van der Waals surface area contributed by atoms with Crippen molar-refractivity contribution in [2.24, 2.45) is 5.92 Å². The molecule has 0 spiro atoms. The Morgan fingerprint density at radius 2 is 2.04 bits per heavy atom. The van der Waals surface area contributed by atoms with E-state index in [1.807, 2.05) is 35.2 Å². The Labute approximate surface area is 148 Å². The number of rotatable bonds is 5. The summed E-state index contributed by atoms with van der Waals surface area (Å²) in [6, 6.07) is 9.65. The summed E-state index contributed by atoms with van der Waals surface area (Å²) in [5, 5.41) is 0. The first-order valence-corrected chi connectivity index (χ1v) is 9.37. The normalized spacial score (nSPS) is 17.1. The third-order valence-corrected chi connectivity index (χ3v) is 5.35. The molecule has 1 amide bonds. The van der Waals surface area contributed by atoms with Crippen molar-refractivity contribution in [1.82, 2.24) is 4.90 Å². The molecule has 1 fully saturated rings. The topological polar surface area (TPSA) is 42.7 Å². The Morgan fingerprint density at radius 1 is 1.16 bits per heavy atom. The van der Waals surface area contributed by atoms with Gasteiger partial charge in [-0.2, -0.15) is 0 Å². The zero-order valence-corrected chi connectivity index (χ0v) is 14.6. The second kappa shape index (κ2) is 7.34. The highest BCUT2D eigenvalue weighted by atomic mass is 16.5. The molecule has 0 N–H and O–H groups in total. The van der Waals surface area contributed by atoms with Crippen LogP contribution < -0.4 is 4.74 Å². The molecule has 25 heavy (non-hydrogen) atoms. The van der Waals surface area contributed by atoms with Gasteiger partial charge in [0.2, 0.25) is 0 Å². The second-order valence-corrected chi connectivity index (χ2v) is 7.19. The molecule has 2 aromatic rings. The maximum absolute atomic E-state index is 13.2. The lowest BCUT2D eigenvalue weighted by molar-refractivity contribution is 0.0685. The van der Waals surface area contributed by atoms with Gasteiger partial charge in [0.15, 0.2) is 0 Å². The molecule has 4 heteroatoms. The van der Waals surface area contributed by atoms with Crippen molar-refractivity contribution in [2.45, 2.75) is 45.1 Å². The van der Waals surface area contributed by atoms with E-state index >= 15 is 0 Å². The third-order valence-electron chi connectivity index (χ3n) is 5.35. The fraction of sp³-hybridized carbons (Fsp3) is 0.476. The van der Waals surface area contributed by atoms with Gasteiger partial charge in [0.25, 0.3) is 5.91 Å². The molecule has 0 saturated heterocycles. The summed E-state index contributed by atoms with van der Waals surface area (Å²) < 4.78 is 11.1. The number of hydrogen-bond donors (Lipinski definition) is 0. The maximum Gasteiger partial charge on any atom is 0.254 e. The molecule has 1 saturated carbocycles. The highest BCUT2D eigenvalue weighted by Gasteiger charge is 2.24. The van der Waals surface area contributed by atoms with Gasteiger partial charge in [-0.3, -0.25) is 4.79 Å². The second-order valence-electron chi connectivity index (χ2n) is 7.19. The lowest BCUT2D eigenvalue weighted by atomic mass is 9.88.